The minimum atomic E-state index is -0.812. The Kier molecular flexibility index (Phi) is 5.32. The molecule has 1 aliphatic heterocycles. The molecular weight excluding hydrogens is 436 g/mol. The Labute approximate surface area is 200 Å². The standard InChI is InChI=1S/C27H36O7/c1-25(2)19(12-20(28)32-5)27(4)17-6-8-26(3)18(15(17)10-16(22(25)30)23(27)31)11-21(29)34-24(26)14-7-9-33-13-14/h7,9,13,15-19,23-24,31H,6,8,10-12H2,1-5H3. The van der Waals surface area contributed by atoms with E-state index < -0.39 is 29.0 Å². The van der Waals surface area contributed by atoms with Crippen LogP contribution >= 0.6 is 0 Å². The van der Waals surface area contributed by atoms with Crippen molar-refractivity contribution in [2.75, 3.05) is 7.11 Å². The van der Waals surface area contributed by atoms with Gasteiger partial charge in [0.25, 0.3) is 0 Å². The number of rotatable bonds is 3. The number of ether oxygens (including phenoxy) is 2. The summed E-state index contributed by atoms with van der Waals surface area (Å²) in [6.07, 6.45) is 4.69. The number of furan rings is 1. The van der Waals surface area contributed by atoms with Gasteiger partial charge in [0, 0.05) is 40.6 Å². The second-order valence-electron chi connectivity index (χ2n) is 12.1. The van der Waals surface area contributed by atoms with Crippen molar-refractivity contribution in [1.82, 2.24) is 0 Å². The third kappa shape index (κ3) is 3.01. The molecule has 0 amide bonds. The number of esters is 2. The zero-order valence-corrected chi connectivity index (χ0v) is 20.7. The van der Waals surface area contributed by atoms with Crippen molar-refractivity contribution < 1.29 is 33.4 Å². The van der Waals surface area contributed by atoms with Crippen LogP contribution in [0.4, 0.5) is 0 Å². The average Bonchev–Trinajstić information content (AvgIpc) is 3.32. The molecule has 9 atom stereocenters. The molecule has 5 rings (SSSR count). The molecule has 7 heteroatoms. The molecule has 7 nitrogen and oxygen atoms in total. The maximum Gasteiger partial charge on any atom is 0.306 e. The van der Waals surface area contributed by atoms with Crippen molar-refractivity contribution in [3.8, 4) is 0 Å². The van der Waals surface area contributed by atoms with E-state index in [2.05, 4.69) is 13.8 Å². The van der Waals surface area contributed by atoms with Crippen LogP contribution in [-0.2, 0) is 23.9 Å². The quantitative estimate of drug-likeness (QED) is 0.661. The van der Waals surface area contributed by atoms with E-state index in [1.54, 1.807) is 12.5 Å². The van der Waals surface area contributed by atoms with Gasteiger partial charge >= 0.3 is 11.9 Å². The number of fused-ring (bicyclic) bond motifs is 6. The summed E-state index contributed by atoms with van der Waals surface area (Å²) in [6, 6.07) is 1.86. The van der Waals surface area contributed by atoms with Crippen LogP contribution in [0, 0.1) is 45.8 Å². The van der Waals surface area contributed by atoms with Gasteiger partial charge in [0.05, 0.1) is 25.7 Å². The summed E-state index contributed by atoms with van der Waals surface area (Å²) < 4.78 is 16.2. The van der Waals surface area contributed by atoms with Crippen molar-refractivity contribution in [2.24, 2.45) is 45.8 Å². The van der Waals surface area contributed by atoms with Crippen LogP contribution in [0.25, 0.3) is 0 Å². The van der Waals surface area contributed by atoms with E-state index in [4.69, 9.17) is 13.9 Å². The molecule has 3 aliphatic carbocycles. The summed E-state index contributed by atoms with van der Waals surface area (Å²) >= 11 is 0. The Morgan fingerprint density at radius 1 is 1.21 bits per heavy atom. The Hall–Kier alpha value is -2.15. The molecule has 0 spiro atoms. The molecule has 0 aromatic carbocycles. The molecule has 3 saturated carbocycles. The minimum Gasteiger partial charge on any atom is -0.472 e. The Morgan fingerprint density at radius 2 is 1.94 bits per heavy atom. The topological polar surface area (TPSA) is 103 Å². The van der Waals surface area contributed by atoms with Crippen molar-refractivity contribution in [3.05, 3.63) is 24.2 Å². The summed E-state index contributed by atoms with van der Waals surface area (Å²) in [5, 5.41) is 11.6. The first-order chi connectivity index (χ1) is 16.0. The van der Waals surface area contributed by atoms with Crippen LogP contribution in [-0.4, -0.2) is 36.0 Å². The second kappa shape index (κ2) is 7.67. The van der Waals surface area contributed by atoms with Gasteiger partial charge in [0.1, 0.15) is 11.9 Å². The molecule has 1 aromatic rings. The van der Waals surface area contributed by atoms with Crippen LogP contribution in [0.3, 0.4) is 0 Å². The predicted octanol–water partition coefficient (Wildman–Crippen LogP) is 4.09. The molecule has 1 aromatic heterocycles. The third-order valence-corrected chi connectivity index (χ3v) is 10.5. The second-order valence-corrected chi connectivity index (χ2v) is 12.1. The Morgan fingerprint density at radius 3 is 2.59 bits per heavy atom. The molecule has 34 heavy (non-hydrogen) atoms. The van der Waals surface area contributed by atoms with Gasteiger partial charge in [-0.2, -0.15) is 0 Å². The van der Waals surface area contributed by atoms with Crippen molar-refractivity contribution in [2.45, 2.75) is 72.0 Å². The number of hydrogen-bond donors (Lipinski definition) is 1. The molecule has 2 bridgehead atoms. The zero-order valence-electron chi connectivity index (χ0n) is 20.7. The van der Waals surface area contributed by atoms with Crippen molar-refractivity contribution in [3.63, 3.8) is 0 Å². The molecule has 0 radical (unpaired) electrons. The highest BCUT2D eigenvalue weighted by Crippen LogP contribution is 2.70. The monoisotopic (exact) mass is 472 g/mol. The number of carbonyl (C=O) groups excluding carboxylic acids is 3. The van der Waals surface area contributed by atoms with Gasteiger partial charge in [-0.1, -0.05) is 27.7 Å². The molecule has 1 N–H and O–H groups in total. The molecule has 4 fully saturated rings. The summed E-state index contributed by atoms with van der Waals surface area (Å²) in [5.41, 5.74) is -0.805. The van der Waals surface area contributed by atoms with Gasteiger partial charge in [-0.3, -0.25) is 14.4 Å². The van der Waals surface area contributed by atoms with Gasteiger partial charge in [0.15, 0.2) is 0 Å². The average molecular weight is 473 g/mol. The summed E-state index contributed by atoms with van der Waals surface area (Å²) in [5.74, 6) is -1.22. The van der Waals surface area contributed by atoms with E-state index in [1.807, 2.05) is 19.9 Å². The number of aliphatic hydroxyl groups is 1. The van der Waals surface area contributed by atoms with E-state index in [0.717, 1.165) is 18.4 Å². The fourth-order valence-corrected chi connectivity index (χ4v) is 8.76. The number of ketones is 1. The van der Waals surface area contributed by atoms with Crippen LogP contribution in [0.2, 0.25) is 0 Å². The number of hydrogen-bond acceptors (Lipinski definition) is 7. The first-order valence-corrected chi connectivity index (χ1v) is 12.5. The Balaban J connectivity index is 1.58. The van der Waals surface area contributed by atoms with E-state index in [-0.39, 0.29) is 53.2 Å². The molecule has 186 valence electrons. The number of aliphatic hydroxyl groups excluding tert-OH is 1. The largest absolute Gasteiger partial charge is 0.472 e. The van der Waals surface area contributed by atoms with E-state index in [1.165, 1.54) is 7.11 Å². The smallest absolute Gasteiger partial charge is 0.306 e. The number of cyclic esters (lactones) is 1. The zero-order chi connectivity index (χ0) is 24.6. The van der Waals surface area contributed by atoms with Crippen LogP contribution < -0.4 is 0 Å². The van der Waals surface area contributed by atoms with E-state index in [0.29, 0.717) is 12.8 Å². The van der Waals surface area contributed by atoms with Crippen LogP contribution in [0.5, 0.6) is 0 Å². The first-order valence-electron chi connectivity index (χ1n) is 12.5. The van der Waals surface area contributed by atoms with Gasteiger partial charge in [-0.25, -0.2) is 0 Å². The van der Waals surface area contributed by atoms with E-state index in [9.17, 15) is 19.5 Å². The Bertz CT molecular complexity index is 997. The lowest BCUT2D eigenvalue weighted by molar-refractivity contribution is -0.240. The lowest BCUT2D eigenvalue weighted by Crippen LogP contribution is -2.69. The highest BCUT2D eigenvalue weighted by molar-refractivity contribution is 5.89. The number of Topliss-reactive ketones (excluding diaryl/α,β-unsaturated/α-hetero) is 1. The predicted molar refractivity (Wildman–Crippen MR) is 121 cm³/mol. The highest BCUT2D eigenvalue weighted by Gasteiger charge is 2.70. The SMILES string of the molecule is COC(=O)CC1C(C)(C)C(=O)C2CC3C4CC(=O)OC(c5ccoc5)C4(C)CCC3C1(C)C2O. The van der Waals surface area contributed by atoms with Gasteiger partial charge in [0.2, 0.25) is 0 Å². The van der Waals surface area contributed by atoms with Gasteiger partial charge in [-0.15, -0.1) is 0 Å². The maximum atomic E-state index is 13.7. The fourth-order valence-electron chi connectivity index (χ4n) is 8.76. The fraction of sp³-hybridized carbons (Fsp3) is 0.741. The molecule has 2 heterocycles. The van der Waals surface area contributed by atoms with E-state index >= 15 is 0 Å². The molecular formula is C27H36O7. The lowest BCUT2D eigenvalue weighted by Gasteiger charge is -2.67. The summed E-state index contributed by atoms with van der Waals surface area (Å²) in [4.78, 5) is 39.0. The summed E-state index contributed by atoms with van der Waals surface area (Å²) in [7, 11) is 1.36. The molecule has 9 unspecified atom stereocenters. The summed E-state index contributed by atoms with van der Waals surface area (Å²) in [6.45, 7) is 8.10. The third-order valence-electron chi connectivity index (χ3n) is 10.5. The lowest BCUT2D eigenvalue weighted by atomic mass is 9.37. The number of carbonyl (C=O) groups is 3. The van der Waals surface area contributed by atoms with Crippen molar-refractivity contribution >= 4 is 17.7 Å². The van der Waals surface area contributed by atoms with Gasteiger partial charge in [-0.05, 0) is 49.0 Å². The maximum absolute atomic E-state index is 13.7. The number of methoxy groups -OCH3 is 1. The first kappa shape index (κ1) is 23.6. The minimum absolute atomic E-state index is 0.0156. The molecule has 1 saturated heterocycles. The highest BCUT2D eigenvalue weighted by atomic mass is 16.5. The molecule has 4 aliphatic rings. The normalized spacial score (nSPS) is 45.1. The van der Waals surface area contributed by atoms with Crippen LogP contribution in [0.1, 0.15) is 71.5 Å². The van der Waals surface area contributed by atoms with Gasteiger partial charge < -0.3 is 19.0 Å². The van der Waals surface area contributed by atoms with Crippen molar-refractivity contribution in [1.29, 1.82) is 0 Å². The van der Waals surface area contributed by atoms with Crippen LogP contribution in [0.15, 0.2) is 23.0 Å².